The Labute approximate surface area is 182 Å². The van der Waals surface area contributed by atoms with Crippen LogP contribution >= 0.6 is 0 Å². The molecule has 2 aromatic carbocycles. The van der Waals surface area contributed by atoms with Gasteiger partial charge in [-0.2, -0.15) is 8.78 Å². The largest absolute Gasteiger partial charge is 1.00 e. The van der Waals surface area contributed by atoms with Crippen LogP contribution in [-0.2, 0) is 13.1 Å². The number of halogens is 3. The van der Waals surface area contributed by atoms with Crippen molar-refractivity contribution in [3.05, 3.63) is 99.9 Å². The molecule has 0 atom stereocenters. The molecular weight excluding hydrogens is 432 g/mol. The Morgan fingerprint density at radius 2 is 1.74 bits per heavy atom. The average molecular weight is 450 g/mol. The van der Waals surface area contributed by atoms with E-state index in [9.17, 15) is 23.7 Å². The zero-order chi connectivity index (χ0) is 21.5. The second-order valence-corrected chi connectivity index (χ2v) is 6.39. The number of non-ortho nitro benzene ring substituents is 1. The smallest absolute Gasteiger partial charge is 0.387 e. The van der Waals surface area contributed by atoms with Crippen LogP contribution in [0.15, 0.2) is 73.1 Å². The van der Waals surface area contributed by atoms with Gasteiger partial charge in [0.2, 0.25) is 0 Å². The predicted octanol–water partition coefficient (Wildman–Crippen LogP) is 0.466. The summed E-state index contributed by atoms with van der Waals surface area (Å²) in [5.41, 5.74) is 2.11. The maximum atomic E-state index is 12.3. The van der Waals surface area contributed by atoms with Crippen molar-refractivity contribution in [2.24, 2.45) is 0 Å². The summed E-state index contributed by atoms with van der Waals surface area (Å²) in [5.74, 6) is -0.360. The van der Waals surface area contributed by atoms with E-state index in [2.05, 4.69) is 10.1 Å². The van der Waals surface area contributed by atoms with Gasteiger partial charge in [0.15, 0.2) is 18.9 Å². The molecule has 0 aliphatic carbocycles. The zero-order valence-electron chi connectivity index (χ0n) is 16.1. The monoisotopic (exact) mass is 449 g/mol. The minimum Gasteiger partial charge on any atom is -1.00 e. The molecule has 0 aliphatic heterocycles. The number of nitrogens with zero attached hydrogens (tertiary/aromatic N) is 2. The molecule has 0 radical (unpaired) electrons. The minimum absolute atomic E-state index is 0. The Balaban J connectivity index is 0.00000341. The van der Waals surface area contributed by atoms with Crippen molar-refractivity contribution in [2.75, 3.05) is 0 Å². The van der Waals surface area contributed by atoms with Gasteiger partial charge in [0.25, 0.3) is 11.6 Å². The van der Waals surface area contributed by atoms with Gasteiger partial charge in [-0.05, 0) is 42.5 Å². The van der Waals surface area contributed by atoms with Gasteiger partial charge in [-0.1, -0.05) is 0 Å². The minimum atomic E-state index is -2.92. The Bertz CT molecular complexity index is 1030. The average Bonchev–Trinajstić information content (AvgIpc) is 2.73. The summed E-state index contributed by atoms with van der Waals surface area (Å²) >= 11 is 0. The molecular formula is C21H18ClF2N3O4. The molecule has 10 heteroatoms. The highest BCUT2D eigenvalue weighted by molar-refractivity contribution is 5.94. The third kappa shape index (κ3) is 7.00. The first-order chi connectivity index (χ1) is 14.4. The Morgan fingerprint density at radius 3 is 2.35 bits per heavy atom. The molecule has 7 nitrogen and oxygen atoms in total. The lowest BCUT2D eigenvalue weighted by Crippen LogP contribution is -3.00. The van der Waals surface area contributed by atoms with Crippen molar-refractivity contribution < 1.29 is 40.2 Å². The highest BCUT2D eigenvalue weighted by Crippen LogP contribution is 2.15. The van der Waals surface area contributed by atoms with E-state index in [1.807, 2.05) is 29.1 Å². The summed E-state index contributed by atoms with van der Waals surface area (Å²) in [6.45, 7) is -2.12. The van der Waals surface area contributed by atoms with Crippen molar-refractivity contribution in [3.8, 4) is 5.75 Å². The van der Waals surface area contributed by atoms with Crippen LogP contribution in [0.5, 0.6) is 5.75 Å². The van der Waals surface area contributed by atoms with Crippen molar-refractivity contribution in [1.29, 1.82) is 0 Å². The topological polar surface area (TPSA) is 85.4 Å². The van der Waals surface area contributed by atoms with Gasteiger partial charge >= 0.3 is 6.61 Å². The number of amides is 1. The first kappa shape index (κ1) is 23.7. The van der Waals surface area contributed by atoms with E-state index in [4.69, 9.17) is 0 Å². The quantitative estimate of drug-likeness (QED) is 0.308. The van der Waals surface area contributed by atoms with Gasteiger partial charge in [-0.3, -0.25) is 14.9 Å². The molecule has 31 heavy (non-hydrogen) atoms. The number of benzene rings is 2. The van der Waals surface area contributed by atoms with Crippen LogP contribution in [0.3, 0.4) is 0 Å². The molecule has 0 spiro atoms. The molecule has 0 aliphatic rings. The number of aromatic nitrogens is 1. The van der Waals surface area contributed by atoms with Gasteiger partial charge in [0.1, 0.15) is 5.75 Å². The van der Waals surface area contributed by atoms with E-state index >= 15 is 0 Å². The van der Waals surface area contributed by atoms with Crippen LogP contribution in [0.1, 0.15) is 21.5 Å². The molecule has 1 heterocycles. The first-order valence-corrected chi connectivity index (χ1v) is 8.95. The Kier molecular flexibility index (Phi) is 8.39. The highest BCUT2D eigenvalue weighted by Gasteiger charge is 2.11. The predicted molar refractivity (Wildman–Crippen MR) is 103 cm³/mol. The highest BCUT2D eigenvalue weighted by atomic mass is 35.5. The Morgan fingerprint density at radius 1 is 1.06 bits per heavy atom. The summed E-state index contributed by atoms with van der Waals surface area (Å²) in [4.78, 5) is 22.5. The number of ether oxygens (including phenoxy) is 1. The Hall–Kier alpha value is -3.59. The van der Waals surface area contributed by atoms with Gasteiger partial charge in [-0.25, -0.2) is 4.57 Å². The standard InChI is InChI=1S/C21H17F2N3O4.ClH/c22-21(23)30-19-9-5-17(6-10-19)20(27)24-12-16-2-1-11-25(14-16)13-15-3-7-18(8-4-15)26(28)29;/h1-11,14,21H,12-13H2;1H. The molecule has 0 saturated carbocycles. The number of pyridine rings is 1. The number of hydrogen-bond donors (Lipinski definition) is 1. The zero-order valence-corrected chi connectivity index (χ0v) is 16.8. The lowest BCUT2D eigenvalue weighted by atomic mass is 10.2. The molecule has 0 unspecified atom stereocenters. The summed E-state index contributed by atoms with van der Waals surface area (Å²) in [5, 5.41) is 13.5. The number of alkyl halides is 2. The molecule has 0 fully saturated rings. The van der Waals surface area contributed by atoms with Crippen molar-refractivity contribution in [1.82, 2.24) is 5.32 Å². The number of rotatable bonds is 8. The van der Waals surface area contributed by atoms with Crippen LogP contribution in [-0.4, -0.2) is 17.4 Å². The third-order valence-electron chi connectivity index (χ3n) is 4.23. The molecule has 0 saturated heterocycles. The first-order valence-electron chi connectivity index (χ1n) is 8.95. The molecule has 3 rings (SSSR count). The molecule has 0 bridgehead atoms. The number of nitro groups is 1. The van der Waals surface area contributed by atoms with E-state index in [0.29, 0.717) is 12.1 Å². The number of nitro benzene ring substituents is 1. The lowest BCUT2D eigenvalue weighted by molar-refractivity contribution is -0.688. The molecule has 1 N–H and O–H groups in total. The number of hydrogen-bond acceptors (Lipinski definition) is 4. The van der Waals surface area contributed by atoms with E-state index in [-0.39, 0.29) is 36.3 Å². The van der Waals surface area contributed by atoms with Crippen LogP contribution < -0.4 is 27.0 Å². The van der Waals surface area contributed by atoms with Crippen molar-refractivity contribution in [3.63, 3.8) is 0 Å². The molecule has 1 aromatic heterocycles. The van der Waals surface area contributed by atoms with Gasteiger partial charge in [-0.15, -0.1) is 0 Å². The van der Waals surface area contributed by atoms with Crippen molar-refractivity contribution in [2.45, 2.75) is 19.7 Å². The van der Waals surface area contributed by atoms with Gasteiger partial charge < -0.3 is 22.5 Å². The van der Waals surface area contributed by atoms with Gasteiger partial charge in [0, 0.05) is 41.4 Å². The lowest BCUT2D eigenvalue weighted by Gasteiger charge is -2.07. The van der Waals surface area contributed by atoms with Crippen LogP contribution in [0, 0.1) is 10.1 Å². The van der Waals surface area contributed by atoms with Crippen LogP contribution in [0.25, 0.3) is 0 Å². The number of carbonyl (C=O) groups is 1. The second kappa shape index (κ2) is 11.0. The SMILES string of the molecule is O=C(NCc1ccc[n+](Cc2ccc([N+](=O)[O-])cc2)c1)c1ccc(OC(F)F)cc1.[Cl-]. The normalized spacial score (nSPS) is 10.3. The number of carbonyl (C=O) groups excluding carboxylic acids is 1. The van der Waals surface area contributed by atoms with E-state index in [1.54, 1.807) is 12.1 Å². The summed E-state index contributed by atoms with van der Waals surface area (Å²) < 4.78 is 30.5. The molecule has 1 amide bonds. The summed E-state index contributed by atoms with van der Waals surface area (Å²) in [7, 11) is 0. The summed E-state index contributed by atoms with van der Waals surface area (Å²) in [6.07, 6.45) is 3.72. The maximum Gasteiger partial charge on any atom is 0.387 e. The van der Waals surface area contributed by atoms with Crippen LogP contribution in [0.2, 0.25) is 0 Å². The molecule has 162 valence electrons. The van der Waals surface area contributed by atoms with E-state index in [1.165, 1.54) is 36.4 Å². The van der Waals surface area contributed by atoms with Crippen LogP contribution in [0.4, 0.5) is 14.5 Å². The fourth-order valence-electron chi connectivity index (χ4n) is 2.79. The summed E-state index contributed by atoms with van der Waals surface area (Å²) in [6, 6.07) is 15.4. The fourth-order valence-corrected chi connectivity index (χ4v) is 2.79. The number of nitrogens with one attached hydrogen (secondary N) is 1. The van der Waals surface area contributed by atoms with E-state index in [0.717, 1.165) is 11.1 Å². The third-order valence-corrected chi connectivity index (χ3v) is 4.23. The van der Waals surface area contributed by atoms with Crippen molar-refractivity contribution >= 4 is 11.6 Å². The fraction of sp³-hybridized carbons (Fsp3) is 0.143. The van der Waals surface area contributed by atoms with Gasteiger partial charge in [0.05, 0.1) is 4.92 Å². The maximum absolute atomic E-state index is 12.3. The second-order valence-electron chi connectivity index (χ2n) is 6.39. The van der Waals surface area contributed by atoms with E-state index < -0.39 is 11.5 Å². The molecule has 3 aromatic rings.